The lowest BCUT2D eigenvalue weighted by molar-refractivity contribution is -0.140. The number of aliphatic carboxylic acids is 1. The number of nitrogens with zero attached hydrogens (tertiary/aromatic N) is 1. The second-order valence-electron chi connectivity index (χ2n) is 5.29. The quantitative estimate of drug-likeness (QED) is 0.642. The highest BCUT2D eigenvalue weighted by Gasteiger charge is 2.54. The normalized spacial score (nSPS) is 15.5. The van der Waals surface area contributed by atoms with E-state index in [2.05, 4.69) is 4.98 Å². The number of halogens is 5. The first-order chi connectivity index (χ1) is 10.8. The molecular weight excluding hydrogens is 354 g/mol. The molecule has 1 aromatic heterocycles. The van der Waals surface area contributed by atoms with Crippen molar-refractivity contribution in [2.45, 2.75) is 18.3 Å². The van der Waals surface area contributed by atoms with Gasteiger partial charge in [-0.1, -0.05) is 23.2 Å². The van der Waals surface area contributed by atoms with E-state index in [1.54, 1.807) is 0 Å². The van der Waals surface area contributed by atoms with Crippen molar-refractivity contribution in [2.75, 3.05) is 0 Å². The van der Waals surface area contributed by atoms with Crippen LogP contribution in [-0.2, 0) is 10.2 Å². The van der Waals surface area contributed by atoms with Crippen LogP contribution in [0.2, 0.25) is 10.2 Å². The molecule has 0 atom stereocenters. The van der Waals surface area contributed by atoms with Gasteiger partial charge in [-0.25, -0.2) is 18.2 Å². The molecule has 2 aromatic rings. The first-order valence-electron chi connectivity index (χ1n) is 6.51. The molecule has 0 aliphatic heterocycles. The van der Waals surface area contributed by atoms with Crippen molar-refractivity contribution >= 4 is 29.2 Å². The first kappa shape index (κ1) is 16.1. The lowest BCUT2D eigenvalue weighted by Crippen LogP contribution is -2.21. The molecule has 0 radical (unpaired) electrons. The van der Waals surface area contributed by atoms with Gasteiger partial charge < -0.3 is 5.11 Å². The third kappa shape index (κ3) is 2.56. The monoisotopic (exact) mass is 361 g/mol. The Hall–Kier alpha value is -1.79. The highest BCUT2D eigenvalue weighted by atomic mass is 35.5. The third-order valence-electron chi connectivity index (χ3n) is 3.87. The Morgan fingerprint density at radius 3 is 2.35 bits per heavy atom. The van der Waals surface area contributed by atoms with Gasteiger partial charge in [0.15, 0.2) is 5.82 Å². The van der Waals surface area contributed by atoms with Crippen molar-refractivity contribution in [3.63, 3.8) is 0 Å². The third-order valence-corrected chi connectivity index (χ3v) is 4.35. The van der Waals surface area contributed by atoms with Gasteiger partial charge in [0.1, 0.15) is 22.5 Å². The second-order valence-corrected chi connectivity index (χ2v) is 6.08. The molecule has 3 nitrogen and oxygen atoms in total. The van der Waals surface area contributed by atoms with E-state index in [1.165, 1.54) is 0 Å². The number of hydrogen-bond donors (Lipinski definition) is 1. The van der Waals surface area contributed by atoms with Crippen molar-refractivity contribution in [2.24, 2.45) is 0 Å². The molecule has 0 unspecified atom stereocenters. The highest BCUT2D eigenvalue weighted by molar-refractivity contribution is 6.31. The van der Waals surface area contributed by atoms with Gasteiger partial charge in [0.2, 0.25) is 0 Å². The van der Waals surface area contributed by atoms with Gasteiger partial charge in [-0.3, -0.25) is 4.79 Å². The van der Waals surface area contributed by atoms with Gasteiger partial charge in [0.05, 0.1) is 10.4 Å². The number of pyridine rings is 1. The minimum atomic E-state index is -1.38. The van der Waals surface area contributed by atoms with Gasteiger partial charge in [0, 0.05) is 17.2 Å². The van der Waals surface area contributed by atoms with Crippen molar-refractivity contribution in [3.05, 3.63) is 51.4 Å². The predicted molar refractivity (Wildman–Crippen MR) is 78.1 cm³/mol. The number of carboxylic acid groups (broad SMARTS) is 1. The fourth-order valence-corrected chi connectivity index (χ4v) is 2.81. The molecule has 1 heterocycles. The van der Waals surface area contributed by atoms with Crippen molar-refractivity contribution in [3.8, 4) is 11.3 Å². The summed E-state index contributed by atoms with van der Waals surface area (Å²) >= 11 is 11.4. The van der Waals surface area contributed by atoms with Crippen molar-refractivity contribution in [1.82, 2.24) is 4.98 Å². The van der Waals surface area contributed by atoms with Crippen LogP contribution in [-0.4, -0.2) is 16.1 Å². The Balaban J connectivity index is 2.25. The maximum atomic E-state index is 14.8. The number of aromatic nitrogens is 1. The summed E-state index contributed by atoms with van der Waals surface area (Å²) in [6.07, 6.45) is 0.484. The van der Waals surface area contributed by atoms with E-state index in [9.17, 15) is 23.1 Å². The molecule has 3 rings (SSSR count). The Kier molecular flexibility index (Phi) is 3.77. The molecule has 1 aliphatic rings. The molecule has 8 heteroatoms. The summed E-state index contributed by atoms with van der Waals surface area (Å²) in [7, 11) is 0. The Labute approximate surface area is 138 Å². The van der Waals surface area contributed by atoms with Crippen molar-refractivity contribution < 1.29 is 23.1 Å². The van der Waals surface area contributed by atoms with Crippen LogP contribution in [0.1, 0.15) is 18.4 Å². The van der Waals surface area contributed by atoms with Crippen LogP contribution in [0, 0.1) is 17.5 Å². The Morgan fingerprint density at radius 1 is 1.13 bits per heavy atom. The summed E-state index contributed by atoms with van der Waals surface area (Å²) in [6, 6.07) is 2.51. The smallest absolute Gasteiger partial charge is 0.314 e. The fourth-order valence-electron chi connectivity index (χ4n) is 2.45. The van der Waals surface area contributed by atoms with Gasteiger partial charge in [-0.15, -0.1) is 0 Å². The van der Waals surface area contributed by atoms with Crippen molar-refractivity contribution in [1.29, 1.82) is 0 Å². The fraction of sp³-hybridized carbons (Fsp3) is 0.200. The molecule has 0 bridgehead atoms. The van der Waals surface area contributed by atoms with E-state index in [0.29, 0.717) is 6.07 Å². The van der Waals surface area contributed by atoms with Crippen LogP contribution in [0.4, 0.5) is 13.2 Å². The molecule has 0 saturated heterocycles. The summed E-state index contributed by atoms with van der Waals surface area (Å²) in [5.41, 5.74) is -2.44. The van der Waals surface area contributed by atoms with Crippen LogP contribution in [0.5, 0.6) is 0 Å². The zero-order chi connectivity index (χ0) is 16.9. The number of carboxylic acids is 1. The number of rotatable bonds is 3. The SMILES string of the molecule is O=C(O)C1(c2cc(Cl)nc(-c3cc(Cl)c(F)cc3F)c2F)CC1. The lowest BCUT2D eigenvalue weighted by atomic mass is 9.94. The summed E-state index contributed by atoms with van der Waals surface area (Å²) in [5.74, 6) is -4.27. The zero-order valence-corrected chi connectivity index (χ0v) is 12.9. The minimum Gasteiger partial charge on any atom is -0.481 e. The molecule has 0 amide bonds. The summed E-state index contributed by atoms with van der Waals surface area (Å²) in [6.45, 7) is 0. The summed E-state index contributed by atoms with van der Waals surface area (Å²) in [5, 5.41) is 8.69. The predicted octanol–water partition coefficient (Wildman–Crippen LogP) is 4.59. The molecule has 23 heavy (non-hydrogen) atoms. The van der Waals surface area contributed by atoms with E-state index in [0.717, 1.165) is 12.1 Å². The van der Waals surface area contributed by atoms with Crippen LogP contribution in [0.3, 0.4) is 0 Å². The van der Waals surface area contributed by atoms with E-state index >= 15 is 0 Å². The Morgan fingerprint density at radius 2 is 1.78 bits per heavy atom. The summed E-state index contributed by atoms with van der Waals surface area (Å²) in [4.78, 5) is 15.1. The van der Waals surface area contributed by atoms with Gasteiger partial charge >= 0.3 is 5.97 Å². The molecule has 1 saturated carbocycles. The first-order valence-corrected chi connectivity index (χ1v) is 7.26. The molecule has 1 aromatic carbocycles. The summed E-state index contributed by atoms with van der Waals surface area (Å²) < 4.78 is 42.0. The average Bonchev–Trinajstić information content (AvgIpc) is 3.27. The van der Waals surface area contributed by atoms with Crippen LogP contribution in [0.15, 0.2) is 18.2 Å². The second kappa shape index (κ2) is 5.39. The van der Waals surface area contributed by atoms with E-state index in [1.807, 2.05) is 0 Å². The molecule has 0 spiro atoms. The van der Waals surface area contributed by atoms with Crippen LogP contribution >= 0.6 is 23.2 Å². The molecular formula is C15H8Cl2F3NO2. The van der Waals surface area contributed by atoms with Gasteiger partial charge in [-0.2, -0.15) is 0 Å². The van der Waals surface area contributed by atoms with Gasteiger partial charge in [0.25, 0.3) is 0 Å². The van der Waals surface area contributed by atoms with E-state index in [-0.39, 0.29) is 29.1 Å². The van der Waals surface area contributed by atoms with Crippen LogP contribution < -0.4 is 0 Å². The number of hydrogen-bond acceptors (Lipinski definition) is 2. The standard InChI is InChI=1S/C15H8Cl2F3NO2/c16-8-3-6(9(18)5-10(8)19)13-12(20)7(4-11(17)21-13)15(1-2-15)14(22)23/h3-5H,1-2H2,(H,22,23). The highest BCUT2D eigenvalue weighted by Crippen LogP contribution is 2.50. The maximum absolute atomic E-state index is 14.8. The van der Waals surface area contributed by atoms with E-state index < -0.39 is 39.6 Å². The Bertz CT molecular complexity index is 838. The molecule has 1 aliphatic carbocycles. The molecule has 1 fully saturated rings. The lowest BCUT2D eigenvalue weighted by Gasteiger charge is -2.15. The molecule has 1 N–H and O–H groups in total. The minimum absolute atomic E-state index is 0.167. The average molecular weight is 362 g/mol. The zero-order valence-electron chi connectivity index (χ0n) is 11.3. The largest absolute Gasteiger partial charge is 0.481 e. The van der Waals surface area contributed by atoms with E-state index in [4.69, 9.17) is 23.2 Å². The van der Waals surface area contributed by atoms with Gasteiger partial charge in [-0.05, 0) is 25.0 Å². The van der Waals surface area contributed by atoms with Crippen LogP contribution in [0.25, 0.3) is 11.3 Å². The maximum Gasteiger partial charge on any atom is 0.314 e. The molecule has 120 valence electrons. The number of carbonyl (C=O) groups is 1. The topological polar surface area (TPSA) is 50.2 Å². The number of benzene rings is 1.